The monoisotopic (exact) mass is 372 g/mol. The van der Waals surface area contributed by atoms with E-state index in [1.165, 1.54) is 0 Å². The molecule has 0 radical (unpaired) electrons. The highest BCUT2D eigenvalue weighted by Crippen LogP contribution is 2.33. The smallest absolute Gasteiger partial charge is 0.326 e. The second-order valence-corrected chi connectivity index (χ2v) is 7.18. The zero-order valence-corrected chi connectivity index (χ0v) is 15.7. The molecule has 1 aromatic carbocycles. The molecular formula is C19H20N2O4S. The van der Waals surface area contributed by atoms with Gasteiger partial charge in [-0.3, -0.25) is 19.3 Å². The van der Waals surface area contributed by atoms with Crippen LogP contribution in [0.5, 0.6) is 0 Å². The van der Waals surface area contributed by atoms with Crippen LogP contribution in [0.2, 0.25) is 0 Å². The lowest BCUT2D eigenvalue weighted by Gasteiger charge is -2.14. The van der Waals surface area contributed by atoms with Gasteiger partial charge in [0.05, 0.1) is 11.0 Å². The van der Waals surface area contributed by atoms with Crippen LogP contribution in [0.25, 0.3) is 17.0 Å². The van der Waals surface area contributed by atoms with E-state index in [-0.39, 0.29) is 12.6 Å². The molecule has 7 heteroatoms. The molecule has 1 aliphatic heterocycles. The van der Waals surface area contributed by atoms with Crippen LogP contribution in [0.1, 0.15) is 25.8 Å². The summed E-state index contributed by atoms with van der Waals surface area (Å²) in [6.45, 7) is 3.30. The van der Waals surface area contributed by atoms with Gasteiger partial charge in [0.2, 0.25) is 0 Å². The Labute approximate surface area is 155 Å². The maximum absolute atomic E-state index is 12.6. The Morgan fingerprint density at radius 1 is 1.31 bits per heavy atom. The van der Waals surface area contributed by atoms with Crippen molar-refractivity contribution >= 4 is 45.9 Å². The van der Waals surface area contributed by atoms with E-state index in [9.17, 15) is 14.4 Å². The minimum atomic E-state index is -0.576. The number of thioether (sulfide) groups is 1. The summed E-state index contributed by atoms with van der Waals surface area (Å²) in [5, 5.41) is 0.542. The highest BCUT2D eigenvalue weighted by atomic mass is 32.2. The standard InChI is InChI=1S/C19H20N2O4S/c1-4-12(2)25-17(22)11-21-18(23)16(26-19(21)24)9-13-10-20(3)15-8-6-5-7-14(13)15/h5-10,12H,4,11H2,1-3H3/b16-9+/t12-/m0/s1. The number of rotatable bonds is 5. The summed E-state index contributed by atoms with van der Waals surface area (Å²) < 4.78 is 7.12. The van der Waals surface area contributed by atoms with Gasteiger partial charge in [0.1, 0.15) is 6.54 Å². The van der Waals surface area contributed by atoms with Gasteiger partial charge in [0.15, 0.2) is 0 Å². The number of ether oxygens (including phenoxy) is 1. The van der Waals surface area contributed by atoms with Crippen LogP contribution < -0.4 is 0 Å². The van der Waals surface area contributed by atoms with E-state index >= 15 is 0 Å². The zero-order valence-electron chi connectivity index (χ0n) is 14.9. The number of fused-ring (bicyclic) bond motifs is 1. The number of carbonyl (C=O) groups is 3. The number of nitrogens with zero attached hydrogens (tertiary/aromatic N) is 2. The number of para-hydroxylation sites is 1. The third kappa shape index (κ3) is 3.53. The van der Waals surface area contributed by atoms with Crippen LogP contribution in [0.3, 0.4) is 0 Å². The Hall–Kier alpha value is -2.54. The molecule has 0 bridgehead atoms. The van der Waals surface area contributed by atoms with Gasteiger partial charge in [-0.15, -0.1) is 0 Å². The highest BCUT2D eigenvalue weighted by molar-refractivity contribution is 8.18. The van der Waals surface area contributed by atoms with E-state index in [0.717, 1.165) is 33.1 Å². The lowest BCUT2D eigenvalue weighted by atomic mass is 10.1. The molecule has 2 amide bonds. The fourth-order valence-electron chi connectivity index (χ4n) is 2.74. The van der Waals surface area contributed by atoms with Crippen LogP contribution in [0.4, 0.5) is 4.79 Å². The number of carbonyl (C=O) groups excluding carboxylic acids is 3. The normalized spacial score (nSPS) is 17.3. The van der Waals surface area contributed by atoms with Gasteiger partial charge in [-0.2, -0.15) is 0 Å². The van der Waals surface area contributed by atoms with E-state index in [0.29, 0.717) is 11.3 Å². The summed E-state index contributed by atoms with van der Waals surface area (Å²) in [4.78, 5) is 37.9. The van der Waals surface area contributed by atoms with Crippen molar-refractivity contribution in [2.75, 3.05) is 6.54 Å². The number of aromatic nitrogens is 1. The summed E-state index contributed by atoms with van der Waals surface area (Å²) in [6.07, 6.45) is 4.05. The number of hydrogen-bond acceptors (Lipinski definition) is 5. The zero-order chi connectivity index (χ0) is 18.8. The summed E-state index contributed by atoms with van der Waals surface area (Å²) in [5.41, 5.74) is 1.89. The van der Waals surface area contributed by atoms with Gasteiger partial charge in [-0.1, -0.05) is 25.1 Å². The molecule has 1 aromatic heterocycles. The molecule has 26 heavy (non-hydrogen) atoms. The second-order valence-electron chi connectivity index (χ2n) is 6.19. The van der Waals surface area contributed by atoms with Crippen molar-refractivity contribution in [1.82, 2.24) is 9.47 Å². The van der Waals surface area contributed by atoms with Gasteiger partial charge < -0.3 is 9.30 Å². The van der Waals surface area contributed by atoms with Crippen LogP contribution >= 0.6 is 11.8 Å². The summed E-state index contributed by atoms with van der Waals surface area (Å²) >= 11 is 0.843. The predicted molar refractivity (Wildman–Crippen MR) is 101 cm³/mol. The Bertz CT molecular complexity index is 915. The largest absolute Gasteiger partial charge is 0.461 e. The highest BCUT2D eigenvalue weighted by Gasteiger charge is 2.37. The molecule has 136 valence electrons. The molecular weight excluding hydrogens is 352 g/mol. The Morgan fingerprint density at radius 2 is 2.04 bits per heavy atom. The topological polar surface area (TPSA) is 68.6 Å². The van der Waals surface area contributed by atoms with Gasteiger partial charge in [0.25, 0.3) is 11.1 Å². The molecule has 1 fully saturated rings. The number of imide groups is 1. The minimum Gasteiger partial charge on any atom is -0.461 e. The van der Waals surface area contributed by atoms with Crippen molar-refractivity contribution in [3.63, 3.8) is 0 Å². The van der Waals surface area contributed by atoms with Gasteiger partial charge in [0, 0.05) is 29.7 Å². The van der Waals surface area contributed by atoms with Crippen molar-refractivity contribution in [2.45, 2.75) is 26.4 Å². The number of amides is 2. The number of hydrogen-bond donors (Lipinski definition) is 0. The molecule has 6 nitrogen and oxygen atoms in total. The number of esters is 1. The van der Waals surface area contributed by atoms with Crippen molar-refractivity contribution in [1.29, 1.82) is 0 Å². The molecule has 2 heterocycles. The average Bonchev–Trinajstić information content (AvgIpc) is 3.07. The van der Waals surface area contributed by atoms with Crippen molar-refractivity contribution in [3.05, 3.63) is 40.9 Å². The Morgan fingerprint density at radius 3 is 2.77 bits per heavy atom. The Kier molecular flexibility index (Phi) is 5.18. The van der Waals surface area contributed by atoms with Crippen LogP contribution in [-0.2, 0) is 21.4 Å². The first-order chi connectivity index (χ1) is 12.4. The molecule has 0 saturated carbocycles. The first-order valence-electron chi connectivity index (χ1n) is 8.39. The van der Waals surface area contributed by atoms with Crippen LogP contribution in [0.15, 0.2) is 35.4 Å². The molecule has 1 atom stereocenters. The summed E-state index contributed by atoms with van der Waals surface area (Å²) in [5.74, 6) is -1.04. The fourth-order valence-corrected chi connectivity index (χ4v) is 3.57. The molecule has 3 rings (SSSR count). The number of aryl methyl sites for hydroxylation is 1. The maximum atomic E-state index is 12.6. The first kappa shape index (κ1) is 18.3. The third-order valence-electron chi connectivity index (χ3n) is 4.28. The van der Waals surface area contributed by atoms with Crippen LogP contribution in [0, 0.1) is 0 Å². The van der Waals surface area contributed by atoms with Crippen molar-refractivity contribution in [3.8, 4) is 0 Å². The predicted octanol–water partition coefficient (Wildman–Crippen LogP) is 3.56. The number of benzene rings is 1. The molecule has 1 aliphatic rings. The average molecular weight is 372 g/mol. The third-order valence-corrected chi connectivity index (χ3v) is 5.19. The van der Waals surface area contributed by atoms with E-state index in [1.807, 2.05) is 49.0 Å². The van der Waals surface area contributed by atoms with Gasteiger partial charge in [-0.25, -0.2) is 0 Å². The van der Waals surface area contributed by atoms with Crippen molar-refractivity contribution < 1.29 is 19.1 Å². The van der Waals surface area contributed by atoms with E-state index < -0.39 is 17.1 Å². The SMILES string of the molecule is CC[C@H](C)OC(=O)CN1C(=O)S/C(=C/c2cn(C)c3ccccc23)C1=O. The fraction of sp³-hybridized carbons (Fsp3) is 0.316. The molecule has 0 spiro atoms. The first-order valence-corrected chi connectivity index (χ1v) is 9.21. The van der Waals surface area contributed by atoms with Gasteiger partial charge >= 0.3 is 5.97 Å². The van der Waals surface area contributed by atoms with E-state index in [4.69, 9.17) is 4.74 Å². The van der Waals surface area contributed by atoms with E-state index in [2.05, 4.69) is 0 Å². The summed E-state index contributed by atoms with van der Waals surface area (Å²) in [6, 6.07) is 7.83. The molecule has 1 saturated heterocycles. The molecule has 0 N–H and O–H groups in total. The van der Waals surface area contributed by atoms with Crippen LogP contribution in [-0.4, -0.2) is 39.2 Å². The molecule has 2 aromatic rings. The van der Waals surface area contributed by atoms with Gasteiger partial charge in [-0.05, 0) is 37.2 Å². The van der Waals surface area contributed by atoms with Crippen molar-refractivity contribution in [2.24, 2.45) is 7.05 Å². The lowest BCUT2D eigenvalue weighted by molar-refractivity contribution is -0.150. The van der Waals surface area contributed by atoms with E-state index in [1.54, 1.807) is 13.0 Å². The minimum absolute atomic E-state index is 0.242. The molecule has 0 unspecified atom stereocenters. The molecule has 0 aliphatic carbocycles. The summed E-state index contributed by atoms with van der Waals surface area (Å²) in [7, 11) is 1.93. The Balaban J connectivity index is 1.82. The lowest BCUT2D eigenvalue weighted by Crippen LogP contribution is -2.35. The second kappa shape index (κ2) is 7.37. The maximum Gasteiger partial charge on any atom is 0.326 e. The quantitative estimate of drug-likeness (QED) is 0.593.